The number of carbonyl (C=O) groups is 2. The molecule has 5 nitrogen and oxygen atoms in total. The van der Waals surface area contributed by atoms with Crippen molar-refractivity contribution in [1.29, 1.82) is 0 Å². The van der Waals surface area contributed by atoms with E-state index in [1.807, 2.05) is 0 Å². The van der Waals surface area contributed by atoms with E-state index < -0.39 is 5.91 Å². The number of hydrogen-bond donors (Lipinski definition) is 3. The lowest BCUT2D eigenvalue weighted by Crippen LogP contribution is -2.42. The topological polar surface area (TPSA) is 84.2 Å². The Kier molecular flexibility index (Phi) is 4.04. The van der Waals surface area contributed by atoms with Gasteiger partial charge in [-0.05, 0) is 0 Å². The number of carbonyl (C=O) groups excluding carboxylic acids is 2. The lowest BCUT2D eigenvalue weighted by Gasteiger charge is -2.08. The summed E-state index contributed by atoms with van der Waals surface area (Å²) in [6.07, 6.45) is 0.200. The largest absolute Gasteiger partial charge is 0.370 e. The minimum atomic E-state index is -0.394. The molecule has 1 saturated heterocycles. The van der Waals surface area contributed by atoms with E-state index in [2.05, 4.69) is 10.6 Å². The van der Waals surface area contributed by atoms with E-state index in [4.69, 9.17) is 5.73 Å². The van der Waals surface area contributed by atoms with E-state index in [0.717, 1.165) is 11.6 Å². The van der Waals surface area contributed by atoms with Crippen LogP contribution in [0.15, 0.2) is 0 Å². The number of hydrogen-bond acceptors (Lipinski definition) is 4. The van der Waals surface area contributed by atoms with Crippen LogP contribution >= 0.6 is 11.8 Å². The van der Waals surface area contributed by atoms with E-state index >= 15 is 0 Å². The standard InChI is InChI=1S/C7H13N3O2S/c8-6(11)1-2-9-7(12)5-3-13-4-10-5/h5,10H,1-4H2,(H2,8,11)(H,9,12). The molecular weight excluding hydrogens is 190 g/mol. The van der Waals surface area contributed by atoms with Crippen LogP contribution in [0.2, 0.25) is 0 Å². The molecule has 1 fully saturated rings. The zero-order chi connectivity index (χ0) is 9.68. The first kappa shape index (κ1) is 10.3. The molecule has 0 saturated carbocycles. The third kappa shape index (κ3) is 3.65. The fourth-order valence-corrected chi connectivity index (χ4v) is 1.94. The fourth-order valence-electron chi connectivity index (χ4n) is 0.996. The maximum absolute atomic E-state index is 11.3. The van der Waals surface area contributed by atoms with Crippen molar-refractivity contribution in [3.63, 3.8) is 0 Å². The molecule has 6 heteroatoms. The van der Waals surface area contributed by atoms with Gasteiger partial charge in [-0.3, -0.25) is 14.9 Å². The summed E-state index contributed by atoms with van der Waals surface area (Å²) in [6.45, 7) is 0.330. The first-order valence-corrected chi connectivity index (χ1v) is 5.23. The van der Waals surface area contributed by atoms with Gasteiger partial charge in [-0.2, -0.15) is 0 Å². The van der Waals surface area contributed by atoms with Gasteiger partial charge in [-0.1, -0.05) is 0 Å². The second-order valence-corrected chi connectivity index (χ2v) is 3.81. The summed E-state index contributed by atoms with van der Waals surface area (Å²) >= 11 is 1.69. The summed E-state index contributed by atoms with van der Waals surface area (Å²) in [7, 11) is 0. The normalized spacial score (nSPS) is 21.4. The average Bonchev–Trinajstić information content (AvgIpc) is 2.55. The van der Waals surface area contributed by atoms with Gasteiger partial charge < -0.3 is 11.1 Å². The van der Waals surface area contributed by atoms with Crippen molar-refractivity contribution in [3.05, 3.63) is 0 Å². The number of amides is 2. The van der Waals surface area contributed by atoms with Gasteiger partial charge in [0, 0.05) is 24.6 Å². The molecule has 0 radical (unpaired) electrons. The molecule has 0 aromatic rings. The lowest BCUT2D eigenvalue weighted by atomic mass is 10.3. The van der Waals surface area contributed by atoms with Crippen molar-refractivity contribution in [2.24, 2.45) is 5.73 Å². The predicted molar refractivity (Wildman–Crippen MR) is 51.1 cm³/mol. The van der Waals surface area contributed by atoms with Crippen LogP contribution in [0.25, 0.3) is 0 Å². The van der Waals surface area contributed by atoms with Gasteiger partial charge in [0.1, 0.15) is 0 Å². The maximum Gasteiger partial charge on any atom is 0.238 e. The van der Waals surface area contributed by atoms with Crippen LogP contribution in [0, 0.1) is 0 Å². The summed E-state index contributed by atoms with van der Waals surface area (Å²) in [4.78, 5) is 21.6. The molecule has 1 atom stereocenters. The minimum Gasteiger partial charge on any atom is -0.370 e. The molecule has 0 spiro atoms. The molecule has 0 aliphatic carbocycles. The van der Waals surface area contributed by atoms with Crippen molar-refractivity contribution in [3.8, 4) is 0 Å². The van der Waals surface area contributed by atoms with Crippen molar-refractivity contribution in [2.75, 3.05) is 18.2 Å². The molecule has 1 heterocycles. The Bertz CT molecular complexity index is 204. The van der Waals surface area contributed by atoms with Crippen molar-refractivity contribution in [1.82, 2.24) is 10.6 Å². The van der Waals surface area contributed by atoms with Gasteiger partial charge in [0.2, 0.25) is 11.8 Å². The third-order valence-corrected chi connectivity index (χ3v) is 2.64. The minimum absolute atomic E-state index is 0.0498. The Labute approximate surface area is 80.8 Å². The Morgan fingerprint density at radius 3 is 2.92 bits per heavy atom. The summed E-state index contributed by atoms with van der Waals surface area (Å²) in [5, 5.41) is 5.67. The molecule has 2 amide bonds. The highest BCUT2D eigenvalue weighted by molar-refractivity contribution is 7.99. The SMILES string of the molecule is NC(=O)CCNC(=O)C1CSCN1. The predicted octanol–water partition coefficient (Wildman–Crippen LogP) is -1.36. The van der Waals surface area contributed by atoms with E-state index in [1.165, 1.54) is 0 Å². The highest BCUT2D eigenvalue weighted by Crippen LogP contribution is 2.08. The second-order valence-electron chi connectivity index (χ2n) is 2.78. The molecule has 1 aliphatic heterocycles. The zero-order valence-corrected chi connectivity index (χ0v) is 8.02. The highest BCUT2D eigenvalue weighted by Gasteiger charge is 2.21. The first-order chi connectivity index (χ1) is 6.20. The molecule has 1 aliphatic rings. The smallest absolute Gasteiger partial charge is 0.238 e. The highest BCUT2D eigenvalue weighted by atomic mass is 32.2. The fraction of sp³-hybridized carbons (Fsp3) is 0.714. The van der Waals surface area contributed by atoms with Crippen LogP contribution in [0.1, 0.15) is 6.42 Å². The number of nitrogens with one attached hydrogen (secondary N) is 2. The van der Waals surface area contributed by atoms with Crippen LogP contribution in [0.5, 0.6) is 0 Å². The summed E-state index contributed by atoms with van der Waals surface area (Å²) in [5.41, 5.74) is 4.92. The van der Waals surface area contributed by atoms with Crippen LogP contribution < -0.4 is 16.4 Å². The zero-order valence-electron chi connectivity index (χ0n) is 7.21. The Morgan fingerprint density at radius 1 is 1.62 bits per heavy atom. The average molecular weight is 203 g/mol. The van der Waals surface area contributed by atoms with Gasteiger partial charge in [0.25, 0.3) is 0 Å². The molecule has 0 aromatic heterocycles. The van der Waals surface area contributed by atoms with Crippen LogP contribution in [-0.2, 0) is 9.59 Å². The summed E-state index contributed by atoms with van der Waals surface area (Å²) < 4.78 is 0. The number of rotatable bonds is 4. The Balaban J connectivity index is 2.13. The van der Waals surface area contributed by atoms with Gasteiger partial charge >= 0.3 is 0 Å². The summed E-state index contributed by atoms with van der Waals surface area (Å²) in [6, 6.07) is -0.113. The Morgan fingerprint density at radius 2 is 2.38 bits per heavy atom. The molecule has 13 heavy (non-hydrogen) atoms. The van der Waals surface area contributed by atoms with Crippen molar-refractivity contribution < 1.29 is 9.59 Å². The number of thioether (sulfide) groups is 1. The van der Waals surface area contributed by atoms with E-state index in [9.17, 15) is 9.59 Å². The quantitative estimate of drug-likeness (QED) is 0.527. The van der Waals surface area contributed by atoms with Crippen LogP contribution in [0.3, 0.4) is 0 Å². The van der Waals surface area contributed by atoms with E-state index in [0.29, 0.717) is 6.54 Å². The van der Waals surface area contributed by atoms with Crippen LogP contribution in [-0.4, -0.2) is 36.0 Å². The van der Waals surface area contributed by atoms with Gasteiger partial charge in [-0.25, -0.2) is 0 Å². The number of nitrogens with two attached hydrogens (primary N) is 1. The second kappa shape index (κ2) is 5.08. The molecule has 1 unspecified atom stereocenters. The van der Waals surface area contributed by atoms with Crippen molar-refractivity contribution in [2.45, 2.75) is 12.5 Å². The monoisotopic (exact) mass is 203 g/mol. The molecular formula is C7H13N3O2S. The van der Waals surface area contributed by atoms with E-state index in [1.54, 1.807) is 11.8 Å². The molecule has 0 bridgehead atoms. The van der Waals surface area contributed by atoms with Gasteiger partial charge in [-0.15, -0.1) is 11.8 Å². The van der Waals surface area contributed by atoms with Gasteiger partial charge in [0.05, 0.1) is 6.04 Å². The molecule has 4 N–H and O–H groups in total. The summed E-state index contributed by atoms with van der Waals surface area (Å²) in [5.74, 6) is 1.16. The maximum atomic E-state index is 11.3. The van der Waals surface area contributed by atoms with Crippen molar-refractivity contribution >= 4 is 23.6 Å². The molecule has 74 valence electrons. The first-order valence-electron chi connectivity index (χ1n) is 4.07. The lowest BCUT2D eigenvalue weighted by molar-refractivity contribution is -0.122. The van der Waals surface area contributed by atoms with Crippen LogP contribution in [0.4, 0.5) is 0 Å². The van der Waals surface area contributed by atoms with E-state index in [-0.39, 0.29) is 18.4 Å². The molecule has 0 aromatic carbocycles. The number of primary amides is 1. The molecule has 1 rings (SSSR count). The Hall–Kier alpha value is -0.750. The third-order valence-electron chi connectivity index (χ3n) is 1.70. The van der Waals surface area contributed by atoms with Gasteiger partial charge in [0.15, 0.2) is 0 Å².